The first kappa shape index (κ1) is 17.9. The number of benzene rings is 3. The molecule has 0 saturated heterocycles. The molecule has 0 aliphatic heterocycles. The lowest BCUT2D eigenvalue weighted by Crippen LogP contribution is -2.27. The van der Waals surface area contributed by atoms with Crippen LogP contribution in [0.25, 0.3) is 21.5 Å². The van der Waals surface area contributed by atoms with E-state index < -0.39 is 0 Å². The van der Waals surface area contributed by atoms with Crippen molar-refractivity contribution in [2.45, 2.75) is 26.3 Å². The Morgan fingerprint density at radius 3 is 2.46 bits per heavy atom. The van der Waals surface area contributed by atoms with Crippen LogP contribution in [0, 0.1) is 0 Å². The fourth-order valence-corrected chi connectivity index (χ4v) is 3.32. The number of fused-ring (bicyclic) bond motifs is 2. The number of rotatable bonds is 5. The minimum absolute atomic E-state index is 0.161. The van der Waals surface area contributed by atoms with Crippen LogP contribution in [0.4, 0.5) is 5.69 Å². The fraction of sp³-hybridized carbons (Fsp3) is 0.174. The third kappa shape index (κ3) is 3.39. The molecule has 1 heterocycles. The Kier molecular flexibility index (Phi) is 4.89. The third-order valence-electron chi connectivity index (χ3n) is 4.81. The second-order valence-electron chi connectivity index (χ2n) is 6.79. The average molecular weight is 371 g/mol. The molecule has 0 fully saturated rings. The summed E-state index contributed by atoms with van der Waals surface area (Å²) in [5.74, 6) is -0.322. The molecule has 3 aromatic carbocycles. The minimum Gasteiger partial charge on any atom is -0.321 e. The smallest absolute Gasteiger partial charge is 0.276 e. The molecular weight excluding hydrogens is 350 g/mol. The molecule has 1 amide bonds. The number of nitrogens with zero attached hydrogens (tertiary/aromatic N) is 2. The molecule has 0 spiro atoms. The summed E-state index contributed by atoms with van der Waals surface area (Å²) in [7, 11) is 0. The molecule has 0 aliphatic carbocycles. The molecule has 0 aliphatic rings. The van der Waals surface area contributed by atoms with Crippen LogP contribution in [0.3, 0.4) is 0 Å². The van der Waals surface area contributed by atoms with Gasteiger partial charge in [0.05, 0.1) is 5.39 Å². The number of hydrogen-bond donors (Lipinski definition) is 1. The quantitative estimate of drug-likeness (QED) is 0.557. The van der Waals surface area contributed by atoms with Gasteiger partial charge in [0, 0.05) is 17.6 Å². The number of aryl methyl sites for hydroxylation is 1. The van der Waals surface area contributed by atoms with Crippen LogP contribution in [-0.2, 0) is 6.54 Å². The summed E-state index contributed by atoms with van der Waals surface area (Å²) < 4.78 is 1.40. The highest BCUT2D eigenvalue weighted by molar-refractivity contribution is 6.11. The molecule has 5 nitrogen and oxygen atoms in total. The van der Waals surface area contributed by atoms with Crippen LogP contribution in [-0.4, -0.2) is 15.7 Å². The highest BCUT2D eigenvalue weighted by Crippen LogP contribution is 2.20. The summed E-state index contributed by atoms with van der Waals surface area (Å²) in [6.45, 7) is 2.55. The van der Waals surface area contributed by atoms with Gasteiger partial charge in [-0.2, -0.15) is 5.10 Å². The van der Waals surface area contributed by atoms with E-state index in [1.165, 1.54) is 4.68 Å². The van der Waals surface area contributed by atoms with Crippen molar-refractivity contribution in [3.05, 3.63) is 82.8 Å². The van der Waals surface area contributed by atoms with Gasteiger partial charge in [0.15, 0.2) is 5.69 Å². The van der Waals surface area contributed by atoms with Gasteiger partial charge >= 0.3 is 0 Å². The summed E-state index contributed by atoms with van der Waals surface area (Å²) in [5, 5.41) is 10.6. The van der Waals surface area contributed by atoms with Crippen molar-refractivity contribution in [2.75, 3.05) is 5.32 Å². The lowest BCUT2D eigenvalue weighted by atomic mass is 10.1. The van der Waals surface area contributed by atoms with Crippen LogP contribution in [0.5, 0.6) is 0 Å². The maximum absolute atomic E-state index is 13.0. The van der Waals surface area contributed by atoms with E-state index in [1.54, 1.807) is 18.2 Å². The number of nitrogens with one attached hydrogen (secondary N) is 1. The Morgan fingerprint density at radius 1 is 0.964 bits per heavy atom. The maximum Gasteiger partial charge on any atom is 0.276 e. The maximum atomic E-state index is 13.0. The van der Waals surface area contributed by atoms with E-state index in [0.717, 1.165) is 23.6 Å². The second kappa shape index (κ2) is 7.64. The predicted molar refractivity (Wildman–Crippen MR) is 113 cm³/mol. The van der Waals surface area contributed by atoms with E-state index in [9.17, 15) is 9.59 Å². The van der Waals surface area contributed by atoms with Gasteiger partial charge in [0.25, 0.3) is 11.5 Å². The van der Waals surface area contributed by atoms with Gasteiger partial charge in [-0.05, 0) is 35.4 Å². The largest absolute Gasteiger partial charge is 0.321 e. The number of anilines is 1. The van der Waals surface area contributed by atoms with Crippen LogP contribution in [0.2, 0.25) is 0 Å². The zero-order chi connectivity index (χ0) is 19.5. The summed E-state index contributed by atoms with van der Waals surface area (Å²) in [5.41, 5.74) is 0.798. The van der Waals surface area contributed by atoms with Gasteiger partial charge in [-0.3, -0.25) is 9.59 Å². The summed E-state index contributed by atoms with van der Waals surface area (Å²) in [4.78, 5) is 25.7. The van der Waals surface area contributed by atoms with Crippen molar-refractivity contribution < 1.29 is 4.79 Å². The monoisotopic (exact) mass is 371 g/mol. The number of aromatic nitrogens is 2. The van der Waals surface area contributed by atoms with E-state index in [0.29, 0.717) is 23.0 Å². The lowest BCUT2D eigenvalue weighted by Gasteiger charge is -2.11. The Labute approximate surface area is 162 Å². The van der Waals surface area contributed by atoms with Crippen molar-refractivity contribution in [1.82, 2.24) is 9.78 Å². The molecule has 28 heavy (non-hydrogen) atoms. The number of hydrogen-bond acceptors (Lipinski definition) is 3. The molecule has 5 heteroatoms. The molecule has 0 atom stereocenters. The van der Waals surface area contributed by atoms with Crippen molar-refractivity contribution in [3.63, 3.8) is 0 Å². The van der Waals surface area contributed by atoms with E-state index in [-0.39, 0.29) is 17.2 Å². The van der Waals surface area contributed by atoms with Crippen molar-refractivity contribution in [3.8, 4) is 0 Å². The zero-order valence-electron chi connectivity index (χ0n) is 15.7. The molecule has 0 unspecified atom stereocenters. The molecule has 140 valence electrons. The third-order valence-corrected chi connectivity index (χ3v) is 4.81. The highest BCUT2D eigenvalue weighted by atomic mass is 16.2. The highest BCUT2D eigenvalue weighted by Gasteiger charge is 2.16. The number of amides is 1. The first-order valence-electron chi connectivity index (χ1n) is 9.47. The first-order chi connectivity index (χ1) is 13.7. The minimum atomic E-state index is -0.322. The van der Waals surface area contributed by atoms with Crippen molar-refractivity contribution in [1.29, 1.82) is 0 Å². The van der Waals surface area contributed by atoms with Crippen LogP contribution < -0.4 is 10.9 Å². The van der Waals surface area contributed by atoms with Crippen LogP contribution in [0.15, 0.2) is 71.5 Å². The van der Waals surface area contributed by atoms with Gasteiger partial charge in [-0.25, -0.2) is 4.68 Å². The molecule has 4 rings (SSSR count). The molecule has 0 radical (unpaired) electrons. The topological polar surface area (TPSA) is 64.0 Å². The fourth-order valence-electron chi connectivity index (χ4n) is 3.32. The number of unbranched alkanes of at least 4 members (excludes halogenated alkanes) is 1. The number of carbonyl (C=O) groups is 1. The Balaban J connectivity index is 1.75. The van der Waals surface area contributed by atoms with Gasteiger partial charge in [0.2, 0.25) is 0 Å². The SMILES string of the molecule is CCCCn1nc(C(=O)Nc2ccc3ccccc3c2)c2ccccc2c1=O. The molecule has 0 saturated carbocycles. The standard InChI is InChI=1S/C23H21N3O2/c1-2-3-14-26-23(28)20-11-7-6-10-19(20)21(25-26)22(27)24-18-13-12-16-8-4-5-9-17(16)15-18/h4-13,15H,2-3,14H2,1H3,(H,24,27). The van der Waals surface area contributed by atoms with E-state index in [4.69, 9.17) is 0 Å². The zero-order valence-corrected chi connectivity index (χ0v) is 15.7. The number of carbonyl (C=O) groups excluding carboxylic acids is 1. The predicted octanol–water partition coefficient (Wildman–Crippen LogP) is 4.60. The molecular formula is C23H21N3O2. The average Bonchev–Trinajstić information content (AvgIpc) is 2.73. The van der Waals surface area contributed by atoms with Gasteiger partial charge in [0.1, 0.15) is 0 Å². The van der Waals surface area contributed by atoms with Crippen molar-refractivity contribution >= 4 is 33.1 Å². The molecule has 1 N–H and O–H groups in total. The molecule has 4 aromatic rings. The van der Waals surface area contributed by atoms with E-state index in [2.05, 4.69) is 17.3 Å². The normalized spacial score (nSPS) is 11.0. The van der Waals surface area contributed by atoms with E-state index in [1.807, 2.05) is 48.5 Å². The van der Waals surface area contributed by atoms with Crippen LogP contribution in [0.1, 0.15) is 30.3 Å². The first-order valence-corrected chi connectivity index (χ1v) is 9.47. The summed E-state index contributed by atoms with van der Waals surface area (Å²) in [6, 6.07) is 20.9. The van der Waals surface area contributed by atoms with E-state index >= 15 is 0 Å². The molecule has 1 aromatic heterocycles. The van der Waals surface area contributed by atoms with Crippen LogP contribution >= 0.6 is 0 Å². The van der Waals surface area contributed by atoms with Gasteiger partial charge in [-0.1, -0.05) is 61.9 Å². The van der Waals surface area contributed by atoms with Crippen molar-refractivity contribution in [2.24, 2.45) is 0 Å². The van der Waals surface area contributed by atoms with Gasteiger partial charge < -0.3 is 5.32 Å². The Hall–Kier alpha value is -3.47. The summed E-state index contributed by atoms with van der Waals surface area (Å²) >= 11 is 0. The molecule has 0 bridgehead atoms. The summed E-state index contributed by atoms with van der Waals surface area (Å²) in [6.07, 6.45) is 1.77. The lowest BCUT2D eigenvalue weighted by molar-refractivity contribution is 0.102. The Bertz CT molecular complexity index is 1230. The second-order valence-corrected chi connectivity index (χ2v) is 6.79. The van der Waals surface area contributed by atoms with Gasteiger partial charge in [-0.15, -0.1) is 0 Å². The Morgan fingerprint density at radius 2 is 1.68 bits per heavy atom.